The Morgan fingerprint density at radius 3 is 1.43 bits per heavy atom. The number of nitrogens with zero attached hydrogens (tertiary/aromatic N) is 6. The van der Waals surface area contributed by atoms with Gasteiger partial charge in [0.05, 0.1) is 50.7 Å². The number of primary amides is 1. The topological polar surface area (TPSA) is 607 Å². The van der Waals surface area contributed by atoms with Crippen LogP contribution in [0.5, 0.6) is 0 Å². The lowest BCUT2D eigenvalue weighted by atomic mass is 9.87. The van der Waals surface area contributed by atoms with Crippen LogP contribution in [0.2, 0.25) is 0 Å². The molecule has 20 unspecified atom stereocenters. The van der Waals surface area contributed by atoms with Crippen molar-refractivity contribution in [2.45, 2.75) is 156 Å². The molecule has 4 amide bonds. The second kappa shape index (κ2) is 27.1. The fourth-order valence-electron chi connectivity index (χ4n) is 7.87. The number of aliphatic hydroxyl groups is 15. The third kappa shape index (κ3) is 14.7. The molecule has 0 aromatic carbocycles. The Morgan fingerprint density at radius 1 is 0.671 bits per heavy atom. The maximum atomic E-state index is 12.9. The number of hydrogen-bond donors (Lipinski definition) is 21. The Hall–Kier alpha value is -5.66. The van der Waals surface area contributed by atoms with Crippen LogP contribution in [0.15, 0.2) is 12.7 Å². The number of aliphatic hydroxyl groups excluding tert-OH is 14. The Bertz CT molecular complexity index is 2280. The molecule has 37 heteroatoms. The first-order valence-corrected chi connectivity index (χ1v) is 22.1. The fourth-order valence-corrected chi connectivity index (χ4v) is 7.87. The van der Waals surface area contributed by atoms with Crippen LogP contribution in [-0.2, 0) is 38.1 Å². The van der Waals surface area contributed by atoms with E-state index >= 15 is 0 Å². The summed E-state index contributed by atoms with van der Waals surface area (Å²) in [6, 6.07) is -2.69. The molecule has 4 saturated heterocycles. The lowest BCUT2D eigenvalue weighted by molar-refractivity contribution is -0.295. The highest BCUT2D eigenvalue weighted by Crippen LogP contribution is 2.34. The maximum Gasteiger partial charge on any atom is 0.364 e. The summed E-state index contributed by atoms with van der Waals surface area (Å²) in [6.45, 7) is -0.694. The number of carboxylic acid groups (broad SMARTS) is 2. The second-order valence-corrected chi connectivity index (χ2v) is 17.2. The van der Waals surface area contributed by atoms with Crippen LogP contribution >= 0.6 is 0 Å². The van der Waals surface area contributed by atoms with Gasteiger partial charge in [0.15, 0.2) is 12.5 Å². The van der Waals surface area contributed by atoms with Crippen molar-refractivity contribution >= 4 is 35.6 Å². The number of aliphatic carboxylic acids is 2. The number of rotatable bonds is 17. The molecule has 0 saturated carbocycles. The minimum atomic E-state index is -2.78. The lowest BCUT2D eigenvalue weighted by Gasteiger charge is -2.46. The molecular formula is C39H64N10O27. The van der Waals surface area contributed by atoms with Crippen molar-refractivity contribution in [1.29, 1.82) is 0 Å². The first-order chi connectivity index (χ1) is 35.0. The molecule has 432 valence electrons. The number of ether oxygens (including phenoxy) is 4. The van der Waals surface area contributed by atoms with Gasteiger partial charge in [-0.2, -0.15) is 0 Å². The highest BCUT2D eigenvalue weighted by Gasteiger charge is 2.57. The summed E-state index contributed by atoms with van der Waals surface area (Å²) in [5, 5.41) is 178. The van der Waals surface area contributed by atoms with Crippen molar-refractivity contribution in [3.8, 4) is 0 Å². The summed E-state index contributed by atoms with van der Waals surface area (Å²) < 4.78 is 22.7. The molecule has 0 radical (unpaired) electrons. The van der Waals surface area contributed by atoms with E-state index in [1.54, 1.807) is 0 Å². The summed E-state index contributed by atoms with van der Waals surface area (Å²) in [4.78, 5) is 76.9. The van der Waals surface area contributed by atoms with E-state index < -0.39 is 202 Å². The molecule has 4 aliphatic rings. The van der Waals surface area contributed by atoms with Crippen molar-refractivity contribution in [2.24, 2.45) is 5.73 Å². The van der Waals surface area contributed by atoms with Gasteiger partial charge in [0.1, 0.15) is 85.9 Å². The summed E-state index contributed by atoms with van der Waals surface area (Å²) in [5.74, 6) is -10.6. The van der Waals surface area contributed by atoms with Gasteiger partial charge in [-0.25, -0.2) is 28.9 Å². The van der Waals surface area contributed by atoms with Gasteiger partial charge >= 0.3 is 11.9 Å². The van der Waals surface area contributed by atoms with Crippen LogP contribution in [0.3, 0.4) is 0 Å². The van der Waals surface area contributed by atoms with Gasteiger partial charge in [-0.3, -0.25) is 19.2 Å². The Balaban J connectivity index is 0.000000329. The molecule has 22 N–H and O–H groups in total. The van der Waals surface area contributed by atoms with Crippen molar-refractivity contribution in [2.75, 3.05) is 26.4 Å². The molecule has 4 aliphatic heterocycles. The predicted octanol–water partition coefficient (Wildman–Crippen LogP) is -12.5. The minimum Gasteiger partial charge on any atom is -0.478 e. The van der Waals surface area contributed by atoms with Crippen LogP contribution in [0.1, 0.15) is 67.8 Å². The molecule has 37 nitrogen and oxygen atoms in total. The van der Waals surface area contributed by atoms with E-state index in [4.69, 9.17) is 40.0 Å². The Kier molecular flexibility index (Phi) is 23.0. The van der Waals surface area contributed by atoms with Crippen molar-refractivity contribution in [1.82, 2.24) is 45.5 Å². The van der Waals surface area contributed by atoms with Gasteiger partial charge in [-0.1, -0.05) is 7.43 Å². The van der Waals surface area contributed by atoms with E-state index in [0.717, 1.165) is 35.9 Å². The number of aromatic nitrogens is 6. The standard InChI is InChI=1S/C19H29N5O13.C11H19NO9.C8H12N4O5.CH4/c1-6(27)21-10-7(28)2-19(18(34)35,37-14(10)11(30)8(29)3-25)22-16(33)15-20-5-24(23-15)17-13(32)12(31)9(4-26)36-17;1-4(14)12-7-5(15)2-11(20,10(18)19)21-9(7)8(17)6(16)3-13;9-6(16)7-10-2-12(11-7)8-5(15)4(14)3(1-13)17-8;/h5,7-14,17,25-26,28-32H,2-4H2,1H3,(H,21,27)(H,22,33)(H,34,35);5-9,13,15-17,20H,2-3H2,1H3,(H,12,14)(H,18,19);2-5,8,13-15H,1H2,(H2,9,16);1H4. The lowest BCUT2D eigenvalue weighted by Crippen LogP contribution is -2.71. The van der Waals surface area contributed by atoms with Crippen LogP contribution in [0.4, 0.5) is 0 Å². The maximum absolute atomic E-state index is 12.9. The molecule has 6 rings (SSSR count). The molecule has 76 heavy (non-hydrogen) atoms. The first-order valence-electron chi connectivity index (χ1n) is 22.1. The molecule has 2 aromatic rings. The zero-order chi connectivity index (χ0) is 56.6. The molecule has 20 atom stereocenters. The van der Waals surface area contributed by atoms with Gasteiger partial charge in [0.25, 0.3) is 17.6 Å². The highest BCUT2D eigenvalue weighted by atomic mass is 16.7. The molecule has 2 aromatic heterocycles. The predicted molar refractivity (Wildman–Crippen MR) is 236 cm³/mol. The molecule has 0 spiro atoms. The van der Waals surface area contributed by atoms with Crippen molar-refractivity contribution in [3.63, 3.8) is 0 Å². The zero-order valence-corrected chi connectivity index (χ0v) is 39.2. The van der Waals surface area contributed by atoms with Gasteiger partial charge in [-0.15, -0.1) is 10.2 Å². The van der Waals surface area contributed by atoms with Crippen molar-refractivity contribution < 1.29 is 135 Å². The van der Waals surface area contributed by atoms with E-state index in [2.05, 4.69) is 30.8 Å². The molecule has 0 bridgehead atoms. The minimum absolute atomic E-state index is 0. The summed E-state index contributed by atoms with van der Waals surface area (Å²) in [6.07, 6.45) is -23.5. The van der Waals surface area contributed by atoms with Gasteiger partial charge in [0.2, 0.25) is 29.2 Å². The fraction of sp³-hybridized carbons (Fsp3) is 0.744. The summed E-state index contributed by atoms with van der Waals surface area (Å²) in [5.41, 5.74) is 2.26. The zero-order valence-electron chi connectivity index (χ0n) is 39.2. The molecule has 4 fully saturated rings. The number of carbonyl (C=O) groups is 6. The smallest absolute Gasteiger partial charge is 0.364 e. The number of nitrogens with one attached hydrogen (secondary N) is 3. The normalized spacial score (nSPS) is 34.5. The van der Waals surface area contributed by atoms with Crippen LogP contribution in [0.25, 0.3) is 0 Å². The van der Waals surface area contributed by atoms with E-state index in [-0.39, 0.29) is 13.3 Å². The second-order valence-electron chi connectivity index (χ2n) is 17.2. The van der Waals surface area contributed by atoms with Crippen LogP contribution in [-0.4, -0.2) is 287 Å². The quantitative estimate of drug-likeness (QED) is 0.0699. The molecular weight excluding hydrogens is 1040 g/mol. The monoisotopic (exact) mass is 1100 g/mol. The average Bonchev–Trinajstić information content (AvgIpc) is 4.16. The number of hydrogen-bond acceptors (Lipinski definition) is 29. The Labute approximate surface area is 427 Å². The largest absolute Gasteiger partial charge is 0.478 e. The summed E-state index contributed by atoms with van der Waals surface area (Å²) >= 11 is 0. The van der Waals surface area contributed by atoms with Crippen molar-refractivity contribution in [3.05, 3.63) is 24.3 Å². The SMILES string of the molecule is C.CC(=O)NC1C(O)CC(NC(=O)c2ncn(C3OC(CO)C(O)C3O)n2)(C(=O)O)OC1C(O)C(O)CO.CC(=O)NC1C(O)CC(O)(C(=O)O)OC1C(O)C(O)CO.NC(=O)c1ncn(C2OC(CO)C(O)C2O)n1. The Morgan fingerprint density at radius 2 is 1.08 bits per heavy atom. The van der Waals surface area contributed by atoms with E-state index in [1.807, 2.05) is 5.32 Å². The van der Waals surface area contributed by atoms with Gasteiger partial charge in [-0.05, 0) is 0 Å². The highest BCUT2D eigenvalue weighted by molar-refractivity contribution is 5.94. The van der Waals surface area contributed by atoms with Gasteiger partial charge < -0.3 is 127 Å². The van der Waals surface area contributed by atoms with E-state index in [1.165, 1.54) is 0 Å². The van der Waals surface area contributed by atoms with E-state index in [0.29, 0.717) is 0 Å². The number of carboxylic acids is 2. The average molecular weight is 1100 g/mol. The first kappa shape index (κ1) is 64.6. The molecule has 6 heterocycles. The third-order valence-corrected chi connectivity index (χ3v) is 11.8. The number of amides is 4. The molecule has 0 aliphatic carbocycles. The van der Waals surface area contributed by atoms with E-state index in [9.17, 15) is 100 Å². The van der Waals surface area contributed by atoms with Crippen LogP contribution in [0, 0.1) is 0 Å². The summed E-state index contributed by atoms with van der Waals surface area (Å²) in [7, 11) is 0. The third-order valence-electron chi connectivity index (χ3n) is 11.8. The van der Waals surface area contributed by atoms with Crippen LogP contribution < -0.4 is 21.7 Å². The number of nitrogens with two attached hydrogens (primary N) is 1. The number of carbonyl (C=O) groups excluding carboxylic acids is 4. The van der Waals surface area contributed by atoms with Gasteiger partial charge in [0, 0.05) is 26.7 Å².